The molecule has 0 radical (unpaired) electrons. The minimum atomic E-state index is -1.12. The molecule has 3 N–H and O–H groups in total. The van der Waals surface area contributed by atoms with Gasteiger partial charge in [-0.05, 0) is 18.4 Å². The van der Waals surface area contributed by atoms with Crippen LogP contribution in [0.15, 0.2) is 57.7 Å². The molecular weight excluding hydrogens is 422 g/mol. The van der Waals surface area contributed by atoms with E-state index >= 15 is 0 Å². The SMILES string of the molecule is CSCCC(NC(=O)COc1cc(O)c2c(=O)cc(-c3ccccc3)oc2c1)C(=O)O. The molecule has 0 fully saturated rings. The van der Waals surface area contributed by atoms with E-state index in [0.29, 0.717) is 17.1 Å². The van der Waals surface area contributed by atoms with Gasteiger partial charge in [-0.15, -0.1) is 0 Å². The summed E-state index contributed by atoms with van der Waals surface area (Å²) in [4.78, 5) is 35.8. The second kappa shape index (κ2) is 10.0. The highest BCUT2D eigenvalue weighted by molar-refractivity contribution is 7.98. The highest BCUT2D eigenvalue weighted by Crippen LogP contribution is 2.31. The Balaban J connectivity index is 1.79. The Bertz CT molecular complexity index is 1140. The van der Waals surface area contributed by atoms with Crippen molar-refractivity contribution >= 4 is 34.6 Å². The average molecular weight is 443 g/mol. The molecule has 0 spiro atoms. The Morgan fingerprint density at radius 2 is 1.94 bits per heavy atom. The number of aromatic hydroxyl groups is 1. The van der Waals surface area contributed by atoms with E-state index in [1.165, 1.54) is 30.0 Å². The van der Waals surface area contributed by atoms with Crippen molar-refractivity contribution in [2.75, 3.05) is 18.6 Å². The molecule has 3 aromatic rings. The van der Waals surface area contributed by atoms with Gasteiger partial charge in [0.2, 0.25) is 0 Å². The first-order valence-corrected chi connectivity index (χ1v) is 10.8. The van der Waals surface area contributed by atoms with Gasteiger partial charge in [-0.2, -0.15) is 11.8 Å². The number of benzene rings is 2. The second-order valence-electron chi connectivity index (χ2n) is 6.68. The molecule has 1 aromatic heterocycles. The Morgan fingerprint density at radius 3 is 2.61 bits per heavy atom. The van der Waals surface area contributed by atoms with Crippen molar-refractivity contribution < 1.29 is 29.0 Å². The van der Waals surface area contributed by atoms with Gasteiger partial charge >= 0.3 is 5.97 Å². The van der Waals surface area contributed by atoms with Crippen molar-refractivity contribution in [3.05, 3.63) is 58.8 Å². The van der Waals surface area contributed by atoms with Crippen LogP contribution >= 0.6 is 11.8 Å². The van der Waals surface area contributed by atoms with Gasteiger partial charge in [0.25, 0.3) is 5.91 Å². The fourth-order valence-electron chi connectivity index (χ4n) is 2.95. The molecule has 3 rings (SSSR count). The molecule has 8 nitrogen and oxygen atoms in total. The summed E-state index contributed by atoms with van der Waals surface area (Å²) >= 11 is 1.48. The summed E-state index contributed by atoms with van der Waals surface area (Å²) in [5.41, 5.74) is 0.377. The molecule has 162 valence electrons. The standard InChI is InChI=1S/C22H21NO7S/c1-31-8-7-15(22(27)28)23-20(26)12-29-14-9-16(24)21-17(25)11-18(30-19(21)10-14)13-5-3-2-4-6-13/h2-6,9-11,15,24H,7-8,12H2,1H3,(H,23,26)(H,27,28). The molecular formula is C22H21NO7S. The monoisotopic (exact) mass is 443 g/mol. The van der Waals surface area contributed by atoms with Crippen molar-refractivity contribution in [2.45, 2.75) is 12.5 Å². The van der Waals surface area contributed by atoms with E-state index in [1.807, 2.05) is 12.3 Å². The van der Waals surface area contributed by atoms with Crippen LogP contribution in [0.1, 0.15) is 6.42 Å². The number of nitrogens with one attached hydrogen (secondary N) is 1. The quantitative estimate of drug-likeness (QED) is 0.461. The number of phenols is 1. The van der Waals surface area contributed by atoms with Gasteiger partial charge in [-0.1, -0.05) is 30.3 Å². The number of ether oxygens (including phenoxy) is 1. The fourth-order valence-corrected chi connectivity index (χ4v) is 3.42. The van der Waals surface area contributed by atoms with Crippen LogP contribution in [0.3, 0.4) is 0 Å². The number of aliphatic carboxylic acids is 1. The summed E-state index contributed by atoms with van der Waals surface area (Å²) < 4.78 is 11.2. The van der Waals surface area contributed by atoms with Crippen LogP contribution < -0.4 is 15.5 Å². The van der Waals surface area contributed by atoms with Crippen LogP contribution in [0.25, 0.3) is 22.3 Å². The molecule has 0 saturated heterocycles. The number of amides is 1. The molecule has 0 bridgehead atoms. The fraction of sp³-hybridized carbons (Fsp3) is 0.227. The molecule has 2 aromatic carbocycles. The van der Waals surface area contributed by atoms with Crippen molar-refractivity contribution in [2.24, 2.45) is 0 Å². The molecule has 0 aliphatic carbocycles. The molecule has 1 atom stereocenters. The van der Waals surface area contributed by atoms with Gasteiger partial charge in [-0.25, -0.2) is 4.79 Å². The molecule has 1 amide bonds. The summed E-state index contributed by atoms with van der Waals surface area (Å²) in [7, 11) is 0. The van der Waals surface area contributed by atoms with Crippen molar-refractivity contribution in [1.82, 2.24) is 5.32 Å². The predicted octanol–water partition coefficient (Wildman–Crippen LogP) is 2.87. The number of hydrogen-bond donors (Lipinski definition) is 3. The number of carboxylic acid groups (broad SMARTS) is 1. The van der Waals surface area contributed by atoms with Gasteiger partial charge in [0, 0.05) is 23.8 Å². The maximum atomic E-state index is 12.5. The van der Waals surface area contributed by atoms with Crippen LogP contribution in [-0.2, 0) is 9.59 Å². The molecule has 31 heavy (non-hydrogen) atoms. The number of carbonyl (C=O) groups excluding carboxylic acids is 1. The van der Waals surface area contributed by atoms with Gasteiger partial charge in [0.05, 0.1) is 0 Å². The Labute approximate surface area is 181 Å². The third kappa shape index (κ3) is 5.58. The number of carbonyl (C=O) groups is 2. The zero-order chi connectivity index (χ0) is 22.4. The van der Waals surface area contributed by atoms with Crippen LogP contribution in [0.5, 0.6) is 11.5 Å². The third-order valence-electron chi connectivity index (χ3n) is 4.46. The summed E-state index contributed by atoms with van der Waals surface area (Å²) in [6, 6.07) is 11.9. The number of thioether (sulfide) groups is 1. The molecule has 0 aliphatic heterocycles. The number of phenolic OH excluding ortho intramolecular Hbond substituents is 1. The Morgan fingerprint density at radius 1 is 1.19 bits per heavy atom. The highest BCUT2D eigenvalue weighted by Gasteiger charge is 2.20. The zero-order valence-corrected chi connectivity index (χ0v) is 17.5. The largest absolute Gasteiger partial charge is 0.507 e. The van der Waals surface area contributed by atoms with Crippen LogP contribution in [0, 0.1) is 0 Å². The lowest BCUT2D eigenvalue weighted by molar-refractivity contribution is -0.142. The van der Waals surface area contributed by atoms with E-state index in [-0.39, 0.29) is 28.9 Å². The summed E-state index contributed by atoms with van der Waals surface area (Å²) in [5, 5.41) is 21.8. The summed E-state index contributed by atoms with van der Waals surface area (Å²) in [5.74, 6) is -1.08. The number of fused-ring (bicyclic) bond motifs is 1. The Kier molecular flexibility index (Phi) is 7.19. The molecule has 1 heterocycles. The van der Waals surface area contributed by atoms with Crippen LogP contribution in [-0.4, -0.2) is 46.7 Å². The smallest absolute Gasteiger partial charge is 0.326 e. The van der Waals surface area contributed by atoms with Gasteiger partial charge in [0.15, 0.2) is 12.0 Å². The molecule has 1 unspecified atom stereocenters. The minimum absolute atomic E-state index is 0.000473. The van der Waals surface area contributed by atoms with Gasteiger partial charge in [-0.3, -0.25) is 9.59 Å². The van der Waals surface area contributed by atoms with Crippen molar-refractivity contribution in [3.8, 4) is 22.8 Å². The lowest BCUT2D eigenvalue weighted by Gasteiger charge is -2.14. The van der Waals surface area contributed by atoms with Crippen molar-refractivity contribution in [1.29, 1.82) is 0 Å². The lowest BCUT2D eigenvalue weighted by Crippen LogP contribution is -2.43. The van der Waals surface area contributed by atoms with Crippen molar-refractivity contribution in [3.63, 3.8) is 0 Å². The number of carboxylic acids is 1. The maximum absolute atomic E-state index is 12.5. The first-order valence-electron chi connectivity index (χ1n) is 9.39. The third-order valence-corrected chi connectivity index (χ3v) is 5.10. The zero-order valence-electron chi connectivity index (χ0n) is 16.7. The highest BCUT2D eigenvalue weighted by atomic mass is 32.2. The van der Waals surface area contributed by atoms with E-state index in [2.05, 4.69) is 5.32 Å². The van der Waals surface area contributed by atoms with E-state index in [9.17, 15) is 24.6 Å². The van der Waals surface area contributed by atoms with E-state index in [1.54, 1.807) is 24.3 Å². The molecule has 9 heteroatoms. The maximum Gasteiger partial charge on any atom is 0.326 e. The predicted molar refractivity (Wildman–Crippen MR) is 118 cm³/mol. The molecule has 0 saturated carbocycles. The van der Waals surface area contributed by atoms with Crippen LogP contribution in [0.2, 0.25) is 0 Å². The lowest BCUT2D eigenvalue weighted by atomic mass is 10.1. The minimum Gasteiger partial charge on any atom is -0.507 e. The second-order valence-corrected chi connectivity index (χ2v) is 7.67. The van der Waals surface area contributed by atoms with E-state index < -0.39 is 30.0 Å². The average Bonchev–Trinajstić information content (AvgIpc) is 2.75. The topological polar surface area (TPSA) is 126 Å². The number of hydrogen-bond acceptors (Lipinski definition) is 7. The normalized spacial score (nSPS) is 11.8. The first-order chi connectivity index (χ1) is 14.9. The van der Waals surface area contributed by atoms with Crippen LogP contribution in [0.4, 0.5) is 0 Å². The van der Waals surface area contributed by atoms with Gasteiger partial charge in [0.1, 0.15) is 34.3 Å². The Hall–Kier alpha value is -3.46. The summed E-state index contributed by atoms with van der Waals surface area (Å²) in [6.45, 7) is -0.462. The van der Waals surface area contributed by atoms with E-state index in [4.69, 9.17) is 9.15 Å². The molecule has 0 aliphatic rings. The first kappa shape index (κ1) is 22.2. The summed E-state index contributed by atoms with van der Waals surface area (Å²) in [6.07, 6.45) is 2.13. The number of rotatable bonds is 9. The van der Waals surface area contributed by atoms with Gasteiger partial charge < -0.3 is 24.7 Å². The van der Waals surface area contributed by atoms with E-state index in [0.717, 1.165) is 0 Å².